The molecule has 3 nitrogen and oxygen atoms in total. The molecule has 0 amide bonds. The number of nitrogens with zero attached hydrogens (tertiary/aromatic N) is 3. The van der Waals surface area contributed by atoms with E-state index in [-0.39, 0.29) is 28.4 Å². The minimum atomic E-state index is -0.0394. The topological polar surface area (TPSA) is 9.72 Å². The molecule has 0 bridgehead atoms. The SMILES string of the molecule is Cc1ccc(N(c2ccc(C)cc2)c2cc3c4c(c2)N(c2ccc(C(C)(C)C)cc2)c2ccc(C(C)(C)C)cc2B4c2cc4c(cc2N3Cc2ccc(C(C)(C)C)cc2-c2ccccc2)CC(C)(C)C4)cc1. The van der Waals surface area contributed by atoms with Crippen molar-refractivity contribution >= 4 is 68.6 Å². The summed E-state index contributed by atoms with van der Waals surface area (Å²) in [5, 5.41) is 0. The van der Waals surface area contributed by atoms with E-state index >= 15 is 0 Å². The third-order valence-corrected chi connectivity index (χ3v) is 15.9. The number of rotatable bonds is 7. The van der Waals surface area contributed by atoms with Gasteiger partial charge in [-0.25, -0.2) is 0 Å². The highest BCUT2D eigenvalue weighted by Crippen LogP contribution is 2.49. The summed E-state index contributed by atoms with van der Waals surface area (Å²) in [6.45, 7) is 31.0. The largest absolute Gasteiger partial charge is 0.338 e. The molecule has 0 saturated carbocycles. The smallest absolute Gasteiger partial charge is 0.252 e. The van der Waals surface area contributed by atoms with Crippen LogP contribution in [0.1, 0.15) is 121 Å². The first-order valence-corrected chi connectivity index (χ1v) is 26.4. The lowest BCUT2D eigenvalue weighted by atomic mass is 9.33. The molecular formula is C68H72BN3. The van der Waals surface area contributed by atoms with Gasteiger partial charge < -0.3 is 14.7 Å². The molecule has 72 heavy (non-hydrogen) atoms. The van der Waals surface area contributed by atoms with E-state index in [4.69, 9.17) is 0 Å². The van der Waals surface area contributed by atoms with Gasteiger partial charge in [0.1, 0.15) is 0 Å². The second-order valence-corrected chi connectivity index (χ2v) is 25.3. The van der Waals surface area contributed by atoms with Gasteiger partial charge in [-0.3, -0.25) is 0 Å². The molecule has 0 N–H and O–H groups in total. The summed E-state index contributed by atoms with van der Waals surface area (Å²) in [7, 11) is 0. The van der Waals surface area contributed by atoms with Gasteiger partial charge in [-0.15, -0.1) is 0 Å². The number of benzene rings is 8. The van der Waals surface area contributed by atoms with Crippen LogP contribution in [0.4, 0.5) is 45.5 Å². The third-order valence-electron chi connectivity index (χ3n) is 15.9. The second-order valence-electron chi connectivity index (χ2n) is 25.3. The zero-order chi connectivity index (χ0) is 50.6. The Balaban J connectivity index is 1.26. The molecule has 362 valence electrons. The molecule has 11 rings (SSSR count). The average molecular weight is 942 g/mol. The summed E-state index contributed by atoms with van der Waals surface area (Å²) < 4.78 is 0. The van der Waals surface area contributed by atoms with Crippen molar-refractivity contribution in [3.8, 4) is 11.1 Å². The number of fused-ring (bicyclic) bond motifs is 5. The lowest BCUT2D eigenvalue weighted by Gasteiger charge is -2.45. The van der Waals surface area contributed by atoms with E-state index in [1.165, 1.54) is 100 Å². The van der Waals surface area contributed by atoms with Crippen LogP contribution < -0.4 is 31.1 Å². The fourth-order valence-electron chi connectivity index (χ4n) is 11.9. The first-order valence-electron chi connectivity index (χ1n) is 26.4. The molecule has 2 aliphatic heterocycles. The van der Waals surface area contributed by atoms with Crippen LogP contribution in [0.2, 0.25) is 0 Å². The van der Waals surface area contributed by atoms with Crippen molar-refractivity contribution in [1.29, 1.82) is 0 Å². The summed E-state index contributed by atoms with van der Waals surface area (Å²) in [5.74, 6) is 0. The quantitative estimate of drug-likeness (QED) is 0.147. The molecule has 0 spiro atoms. The monoisotopic (exact) mass is 942 g/mol. The van der Waals surface area contributed by atoms with Gasteiger partial charge in [0, 0.05) is 46.4 Å². The lowest BCUT2D eigenvalue weighted by molar-refractivity contribution is 0.392. The van der Waals surface area contributed by atoms with Crippen LogP contribution >= 0.6 is 0 Å². The Hall–Kier alpha value is -6.78. The van der Waals surface area contributed by atoms with Crippen molar-refractivity contribution in [1.82, 2.24) is 0 Å². The van der Waals surface area contributed by atoms with E-state index < -0.39 is 0 Å². The van der Waals surface area contributed by atoms with Crippen molar-refractivity contribution in [3.05, 3.63) is 208 Å². The zero-order valence-corrected chi connectivity index (χ0v) is 45.1. The van der Waals surface area contributed by atoms with Crippen LogP contribution in [0.3, 0.4) is 0 Å². The van der Waals surface area contributed by atoms with Gasteiger partial charge in [0.25, 0.3) is 6.71 Å². The van der Waals surface area contributed by atoms with Gasteiger partial charge in [-0.1, -0.05) is 190 Å². The Bertz CT molecular complexity index is 3320. The van der Waals surface area contributed by atoms with Gasteiger partial charge in [-0.2, -0.15) is 0 Å². The maximum absolute atomic E-state index is 2.72. The molecule has 0 atom stereocenters. The van der Waals surface area contributed by atoms with Gasteiger partial charge in [0.05, 0.1) is 5.69 Å². The van der Waals surface area contributed by atoms with Gasteiger partial charge >= 0.3 is 0 Å². The minimum absolute atomic E-state index is 0.00295. The number of aryl methyl sites for hydroxylation is 2. The van der Waals surface area contributed by atoms with E-state index in [9.17, 15) is 0 Å². The molecule has 4 heteroatoms. The highest BCUT2D eigenvalue weighted by Gasteiger charge is 2.45. The first kappa shape index (κ1) is 47.5. The summed E-state index contributed by atoms with van der Waals surface area (Å²) in [5.41, 5.74) is 27.3. The summed E-state index contributed by atoms with van der Waals surface area (Å²) in [6.07, 6.45) is 2.15. The Morgan fingerprint density at radius 3 is 1.61 bits per heavy atom. The molecule has 0 fully saturated rings. The predicted octanol–water partition coefficient (Wildman–Crippen LogP) is 16.4. The van der Waals surface area contributed by atoms with Crippen molar-refractivity contribution in [2.75, 3.05) is 14.7 Å². The fourth-order valence-corrected chi connectivity index (χ4v) is 11.9. The molecule has 0 saturated heterocycles. The first-order chi connectivity index (χ1) is 34.1. The lowest BCUT2D eigenvalue weighted by Crippen LogP contribution is -2.62. The van der Waals surface area contributed by atoms with E-state index in [1.807, 2.05) is 0 Å². The van der Waals surface area contributed by atoms with Crippen molar-refractivity contribution in [2.24, 2.45) is 5.41 Å². The number of hydrogen-bond acceptors (Lipinski definition) is 3. The summed E-state index contributed by atoms with van der Waals surface area (Å²) in [4.78, 5) is 7.80. The third kappa shape index (κ3) is 8.55. The van der Waals surface area contributed by atoms with E-state index in [1.54, 1.807) is 0 Å². The number of hydrogen-bond donors (Lipinski definition) is 0. The van der Waals surface area contributed by atoms with Crippen LogP contribution in [0.5, 0.6) is 0 Å². The fraction of sp³-hybridized carbons (Fsp3) is 0.294. The molecule has 1 aliphatic carbocycles. The Kier molecular flexibility index (Phi) is 11.3. The van der Waals surface area contributed by atoms with Crippen molar-refractivity contribution < 1.29 is 0 Å². The maximum atomic E-state index is 2.72. The molecule has 3 aliphatic rings. The molecule has 0 radical (unpaired) electrons. The Labute approximate surface area is 431 Å². The second kappa shape index (κ2) is 17.2. The van der Waals surface area contributed by atoms with E-state index in [0.717, 1.165) is 29.9 Å². The average Bonchev–Trinajstić information content (AvgIpc) is 3.65. The summed E-state index contributed by atoms with van der Waals surface area (Å²) in [6, 6.07) is 63.7. The van der Waals surface area contributed by atoms with Crippen LogP contribution in [-0.4, -0.2) is 6.71 Å². The molecule has 8 aromatic rings. The molecular weight excluding hydrogens is 870 g/mol. The highest BCUT2D eigenvalue weighted by molar-refractivity contribution is 7.00. The minimum Gasteiger partial charge on any atom is -0.338 e. The molecule has 8 aromatic carbocycles. The van der Waals surface area contributed by atoms with Crippen LogP contribution in [-0.2, 0) is 35.6 Å². The van der Waals surface area contributed by atoms with Gasteiger partial charge in [-0.05, 0) is 170 Å². The normalized spacial score (nSPS) is 14.7. The van der Waals surface area contributed by atoms with Gasteiger partial charge in [0.2, 0.25) is 0 Å². The molecule has 2 heterocycles. The standard InChI is InChI=1S/C68H72BN3/c1-44-19-28-53(29-20-44)71(54-30-21-45(2)22-31-54)56-39-62-64-63(40-56)72(55-32-25-50(26-33-55)65(3,4)5)60-34-27-52(67(9,10)11)38-59(60)69(64)58-35-48-41-68(12,13)42-49(48)36-61(58)70(62)43-47-23-24-51(66(6,7)8)37-57(47)46-17-15-14-16-18-46/h14-40H,41-43H2,1-13H3. The summed E-state index contributed by atoms with van der Waals surface area (Å²) >= 11 is 0. The molecule has 0 unspecified atom stereocenters. The predicted molar refractivity (Wildman–Crippen MR) is 311 cm³/mol. The molecule has 0 aromatic heterocycles. The van der Waals surface area contributed by atoms with Crippen molar-refractivity contribution in [2.45, 2.75) is 126 Å². The van der Waals surface area contributed by atoms with Crippen LogP contribution in [0.25, 0.3) is 11.1 Å². The van der Waals surface area contributed by atoms with Crippen molar-refractivity contribution in [3.63, 3.8) is 0 Å². The number of anilines is 8. The van der Waals surface area contributed by atoms with E-state index in [2.05, 4.69) is 269 Å². The Morgan fingerprint density at radius 2 is 1.01 bits per heavy atom. The van der Waals surface area contributed by atoms with Gasteiger partial charge in [0.15, 0.2) is 0 Å². The maximum Gasteiger partial charge on any atom is 0.252 e. The zero-order valence-electron chi connectivity index (χ0n) is 45.1. The van der Waals surface area contributed by atoms with E-state index in [0.29, 0.717) is 6.54 Å². The van der Waals surface area contributed by atoms with Crippen LogP contribution in [0, 0.1) is 19.3 Å². The Morgan fingerprint density at radius 1 is 0.486 bits per heavy atom. The van der Waals surface area contributed by atoms with Crippen LogP contribution in [0.15, 0.2) is 164 Å². The highest BCUT2D eigenvalue weighted by atomic mass is 15.2.